The third kappa shape index (κ3) is 4.34. The summed E-state index contributed by atoms with van der Waals surface area (Å²) in [5.74, 6) is 0.936. The Morgan fingerprint density at radius 2 is 2.04 bits per heavy atom. The molecule has 6 heteroatoms. The van der Waals surface area contributed by atoms with Gasteiger partial charge in [0.2, 0.25) is 5.82 Å². The Hall–Kier alpha value is -2.73. The molecule has 1 aliphatic carbocycles. The van der Waals surface area contributed by atoms with Crippen molar-refractivity contribution in [2.45, 2.75) is 32.1 Å². The van der Waals surface area contributed by atoms with Crippen molar-refractivity contribution in [3.05, 3.63) is 59.0 Å². The molecule has 0 unspecified atom stereocenters. The minimum Gasteiger partial charge on any atom is -0.351 e. The van der Waals surface area contributed by atoms with Crippen LogP contribution in [-0.2, 0) is 0 Å². The fraction of sp³-hybridized carbons (Fsp3) is 0.286. The number of nitrogens with one attached hydrogen (secondary N) is 1. The largest absolute Gasteiger partial charge is 0.351 e. The zero-order valence-corrected chi connectivity index (χ0v) is 15.8. The maximum Gasteiger partial charge on any atom is 0.261 e. The van der Waals surface area contributed by atoms with Crippen LogP contribution in [0.2, 0.25) is 0 Å². The molecule has 138 valence electrons. The Labute approximate surface area is 162 Å². The zero-order chi connectivity index (χ0) is 18.5. The van der Waals surface area contributed by atoms with E-state index in [9.17, 15) is 4.79 Å². The van der Waals surface area contributed by atoms with Crippen LogP contribution in [0.1, 0.15) is 41.8 Å². The highest BCUT2D eigenvalue weighted by atomic mass is 32.1. The Balaban J connectivity index is 1.37. The van der Waals surface area contributed by atoms with Crippen LogP contribution in [0.4, 0.5) is 0 Å². The number of hydrogen-bond acceptors (Lipinski definition) is 5. The van der Waals surface area contributed by atoms with Crippen LogP contribution in [0, 0.1) is 0 Å². The van der Waals surface area contributed by atoms with Gasteiger partial charge in [0.25, 0.3) is 11.8 Å². The first kappa shape index (κ1) is 17.7. The Morgan fingerprint density at radius 1 is 1.15 bits per heavy atom. The first-order valence-electron chi connectivity index (χ1n) is 9.25. The molecule has 0 saturated heterocycles. The second-order valence-electron chi connectivity index (χ2n) is 6.57. The molecule has 5 nitrogen and oxygen atoms in total. The summed E-state index contributed by atoms with van der Waals surface area (Å²) >= 11 is 1.38. The van der Waals surface area contributed by atoms with Gasteiger partial charge < -0.3 is 9.84 Å². The lowest BCUT2D eigenvalue weighted by Gasteiger charge is -2.12. The smallest absolute Gasteiger partial charge is 0.261 e. The number of rotatable bonds is 6. The number of carbonyl (C=O) groups is 1. The molecule has 0 saturated carbocycles. The quantitative estimate of drug-likeness (QED) is 0.606. The van der Waals surface area contributed by atoms with E-state index in [2.05, 4.69) is 21.5 Å². The third-order valence-corrected chi connectivity index (χ3v) is 5.69. The summed E-state index contributed by atoms with van der Waals surface area (Å²) in [6, 6.07) is 13.3. The van der Waals surface area contributed by atoms with Gasteiger partial charge >= 0.3 is 0 Å². The van der Waals surface area contributed by atoms with Crippen molar-refractivity contribution in [2.75, 3.05) is 6.54 Å². The van der Waals surface area contributed by atoms with E-state index in [1.165, 1.54) is 42.6 Å². The molecule has 0 atom stereocenters. The van der Waals surface area contributed by atoms with Gasteiger partial charge in [-0.1, -0.05) is 35.0 Å². The van der Waals surface area contributed by atoms with Crippen molar-refractivity contribution >= 4 is 17.2 Å². The molecule has 1 N–H and O–H groups in total. The molecule has 0 aliphatic heterocycles. The summed E-state index contributed by atoms with van der Waals surface area (Å²) in [4.78, 5) is 18.3. The second kappa shape index (κ2) is 8.31. The summed E-state index contributed by atoms with van der Waals surface area (Å²) in [6.45, 7) is 0.679. The van der Waals surface area contributed by atoms with E-state index in [1.807, 2.05) is 42.5 Å². The summed E-state index contributed by atoms with van der Waals surface area (Å²) in [7, 11) is 0. The molecule has 2 heterocycles. The predicted molar refractivity (Wildman–Crippen MR) is 107 cm³/mol. The molecule has 0 bridgehead atoms. The summed E-state index contributed by atoms with van der Waals surface area (Å²) in [6.07, 6.45) is 8.15. The first-order chi connectivity index (χ1) is 13.3. The highest BCUT2D eigenvalue weighted by molar-refractivity contribution is 7.17. The van der Waals surface area contributed by atoms with Crippen molar-refractivity contribution < 1.29 is 9.32 Å². The van der Waals surface area contributed by atoms with E-state index in [1.54, 1.807) is 0 Å². The van der Waals surface area contributed by atoms with Gasteiger partial charge in [-0.15, -0.1) is 11.3 Å². The number of nitrogens with zero attached hydrogens (tertiary/aromatic N) is 2. The van der Waals surface area contributed by atoms with Gasteiger partial charge in [0.05, 0.1) is 9.75 Å². The third-order valence-electron chi connectivity index (χ3n) is 4.61. The summed E-state index contributed by atoms with van der Waals surface area (Å²) in [5, 5.41) is 7.05. The molecule has 27 heavy (non-hydrogen) atoms. The number of thiophene rings is 1. The zero-order valence-electron chi connectivity index (χ0n) is 15.0. The fourth-order valence-electron chi connectivity index (χ4n) is 3.16. The monoisotopic (exact) mass is 379 g/mol. The van der Waals surface area contributed by atoms with Gasteiger partial charge in [0.15, 0.2) is 0 Å². The molecule has 0 radical (unpaired) electrons. The average Bonchev–Trinajstić information content (AvgIpc) is 3.39. The topological polar surface area (TPSA) is 68.0 Å². The molecule has 1 amide bonds. The van der Waals surface area contributed by atoms with Crippen LogP contribution in [-0.4, -0.2) is 22.6 Å². The number of aromatic nitrogens is 2. The van der Waals surface area contributed by atoms with E-state index in [0.29, 0.717) is 23.1 Å². The first-order valence-corrected chi connectivity index (χ1v) is 10.1. The number of carbonyl (C=O) groups excluding carboxylic acids is 1. The molecule has 0 spiro atoms. The van der Waals surface area contributed by atoms with E-state index in [0.717, 1.165) is 16.9 Å². The van der Waals surface area contributed by atoms with Crippen LogP contribution >= 0.6 is 11.3 Å². The SMILES string of the molecule is O=C(NCCC1=CCCCC1)c1ccc(-c2noc(-c3ccccc3)n2)s1. The van der Waals surface area contributed by atoms with E-state index < -0.39 is 0 Å². The van der Waals surface area contributed by atoms with Crippen LogP contribution < -0.4 is 5.32 Å². The summed E-state index contributed by atoms with van der Waals surface area (Å²) in [5.41, 5.74) is 2.34. The van der Waals surface area contributed by atoms with E-state index in [-0.39, 0.29) is 5.91 Å². The molecule has 1 aliphatic rings. The van der Waals surface area contributed by atoms with Crippen molar-refractivity contribution in [1.29, 1.82) is 0 Å². The standard InChI is InChI=1S/C21H21N3O2S/c25-20(22-14-13-15-7-3-1-4-8-15)18-12-11-17(27-18)19-23-21(26-24-19)16-9-5-2-6-10-16/h2,5-7,9-12H,1,3-4,8,13-14H2,(H,22,25). The van der Waals surface area contributed by atoms with Crippen molar-refractivity contribution in [2.24, 2.45) is 0 Å². The van der Waals surface area contributed by atoms with Gasteiger partial charge in [-0.2, -0.15) is 4.98 Å². The predicted octanol–water partition coefficient (Wildman–Crippen LogP) is 5.09. The Kier molecular flexibility index (Phi) is 5.44. The Morgan fingerprint density at radius 3 is 2.85 bits per heavy atom. The molecule has 1 aromatic carbocycles. The highest BCUT2D eigenvalue weighted by Gasteiger charge is 2.15. The fourth-order valence-corrected chi connectivity index (χ4v) is 4.01. The van der Waals surface area contributed by atoms with Crippen molar-refractivity contribution in [3.8, 4) is 22.2 Å². The normalized spacial score (nSPS) is 14.0. The lowest BCUT2D eigenvalue weighted by molar-refractivity contribution is 0.0958. The minimum absolute atomic E-state index is 0.0468. The molecule has 4 rings (SSSR count). The van der Waals surface area contributed by atoms with Gasteiger partial charge in [-0.25, -0.2) is 0 Å². The van der Waals surface area contributed by atoms with Gasteiger partial charge in [0, 0.05) is 12.1 Å². The average molecular weight is 379 g/mol. The van der Waals surface area contributed by atoms with Crippen molar-refractivity contribution in [1.82, 2.24) is 15.5 Å². The van der Waals surface area contributed by atoms with Gasteiger partial charge in [-0.3, -0.25) is 4.79 Å². The Bertz CT molecular complexity index is 943. The molecular weight excluding hydrogens is 358 g/mol. The number of amides is 1. The van der Waals surface area contributed by atoms with Crippen molar-refractivity contribution in [3.63, 3.8) is 0 Å². The lowest BCUT2D eigenvalue weighted by Crippen LogP contribution is -2.23. The van der Waals surface area contributed by atoms with Crippen LogP contribution in [0.3, 0.4) is 0 Å². The number of benzene rings is 1. The van der Waals surface area contributed by atoms with E-state index in [4.69, 9.17) is 4.52 Å². The lowest BCUT2D eigenvalue weighted by atomic mass is 9.97. The maximum atomic E-state index is 12.4. The highest BCUT2D eigenvalue weighted by Crippen LogP contribution is 2.28. The van der Waals surface area contributed by atoms with Gasteiger partial charge in [-0.05, 0) is 56.4 Å². The van der Waals surface area contributed by atoms with Crippen LogP contribution in [0.15, 0.2) is 58.6 Å². The molecule has 3 aromatic rings. The van der Waals surface area contributed by atoms with Crippen LogP contribution in [0.5, 0.6) is 0 Å². The minimum atomic E-state index is -0.0468. The number of hydrogen-bond donors (Lipinski definition) is 1. The van der Waals surface area contributed by atoms with Crippen LogP contribution in [0.25, 0.3) is 22.2 Å². The second-order valence-corrected chi connectivity index (χ2v) is 7.65. The van der Waals surface area contributed by atoms with Gasteiger partial charge in [0.1, 0.15) is 0 Å². The molecular formula is C21H21N3O2S. The molecule has 2 aromatic heterocycles. The molecule has 0 fully saturated rings. The van der Waals surface area contributed by atoms with E-state index >= 15 is 0 Å². The maximum absolute atomic E-state index is 12.4. The summed E-state index contributed by atoms with van der Waals surface area (Å²) < 4.78 is 5.35. The number of allylic oxidation sites excluding steroid dienone is 1.